The van der Waals surface area contributed by atoms with E-state index in [-0.39, 0.29) is 17.2 Å². The molecule has 0 aromatic heterocycles. The van der Waals surface area contributed by atoms with Gasteiger partial charge in [0.1, 0.15) is 11.5 Å². The first-order valence-electron chi connectivity index (χ1n) is 9.81. The maximum absolute atomic E-state index is 12.5. The average molecular weight is 475 g/mol. The molecule has 0 heterocycles. The fourth-order valence-corrected chi connectivity index (χ4v) is 4.04. The normalized spacial score (nSPS) is 10.9. The van der Waals surface area contributed by atoms with Gasteiger partial charge in [0, 0.05) is 17.1 Å². The molecule has 0 bridgehead atoms. The standard InChI is InChI=1S/C23H23ClN2O5S/c1-30-20-9-11-21(12-10-20)31-15-3-6-23(27)25-18-7-13-22(14-8-18)32(28,29)26-19-5-2-4-17(24)16-19/h2,4-5,7-14,16,26H,3,6,15H2,1H3,(H,25,27). The molecule has 0 saturated carbocycles. The first-order valence-corrected chi connectivity index (χ1v) is 11.7. The summed E-state index contributed by atoms with van der Waals surface area (Å²) in [6.07, 6.45) is 0.806. The van der Waals surface area contributed by atoms with Crippen molar-refractivity contribution in [1.82, 2.24) is 0 Å². The number of carbonyl (C=O) groups excluding carboxylic acids is 1. The van der Waals surface area contributed by atoms with Gasteiger partial charge in [-0.05, 0) is 73.2 Å². The zero-order chi connectivity index (χ0) is 23.0. The highest BCUT2D eigenvalue weighted by Gasteiger charge is 2.14. The summed E-state index contributed by atoms with van der Waals surface area (Å²) in [6, 6.07) is 19.6. The minimum absolute atomic E-state index is 0.0726. The van der Waals surface area contributed by atoms with Crippen molar-refractivity contribution < 1.29 is 22.7 Å². The van der Waals surface area contributed by atoms with Crippen LogP contribution in [-0.2, 0) is 14.8 Å². The highest BCUT2D eigenvalue weighted by molar-refractivity contribution is 7.92. The van der Waals surface area contributed by atoms with Gasteiger partial charge in [0.05, 0.1) is 24.3 Å². The molecule has 0 aliphatic heterocycles. The maximum atomic E-state index is 12.5. The van der Waals surface area contributed by atoms with Gasteiger partial charge in [0.15, 0.2) is 0 Å². The van der Waals surface area contributed by atoms with Gasteiger partial charge in [0.2, 0.25) is 5.91 Å². The van der Waals surface area contributed by atoms with Crippen molar-refractivity contribution in [1.29, 1.82) is 0 Å². The Morgan fingerprint density at radius 1 is 0.938 bits per heavy atom. The molecule has 0 unspecified atom stereocenters. The van der Waals surface area contributed by atoms with Crippen LogP contribution in [0.1, 0.15) is 12.8 Å². The van der Waals surface area contributed by atoms with Crippen LogP contribution in [0.4, 0.5) is 11.4 Å². The molecule has 0 atom stereocenters. The van der Waals surface area contributed by atoms with Gasteiger partial charge in [-0.3, -0.25) is 9.52 Å². The molecule has 7 nitrogen and oxygen atoms in total. The van der Waals surface area contributed by atoms with Gasteiger partial charge in [-0.25, -0.2) is 8.42 Å². The van der Waals surface area contributed by atoms with Crippen molar-refractivity contribution in [3.8, 4) is 11.5 Å². The SMILES string of the molecule is COc1ccc(OCCCC(=O)Nc2ccc(S(=O)(=O)Nc3cccc(Cl)c3)cc2)cc1. The summed E-state index contributed by atoms with van der Waals surface area (Å²) in [6.45, 7) is 0.395. The van der Waals surface area contributed by atoms with E-state index in [0.29, 0.717) is 35.2 Å². The van der Waals surface area contributed by atoms with Gasteiger partial charge in [0.25, 0.3) is 10.0 Å². The third kappa shape index (κ3) is 6.90. The van der Waals surface area contributed by atoms with E-state index in [9.17, 15) is 13.2 Å². The van der Waals surface area contributed by atoms with Crippen molar-refractivity contribution in [3.05, 3.63) is 77.8 Å². The van der Waals surface area contributed by atoms with Gasteiger partial charge < -0.3 is 14.8 Å². The molecule has 0 saturated heterocycles. The topological polar surface area (TPSA) is 93.7 Å². The van der Waals surface area contributed by atoms with Crippen molar-refractivity contribution in [2.45, 2.75) is 17.7 Å². The Morgan fingerprint density at radius 2 is 1.62 bits per heavy atom. The lowest BCUT2D eigenvalue weighted by Gasteiger charge is -2.10. The summed E-state index contributed by atoms with van der Waals surface area (Å²) in [5.74, 6) is 1.26. The summed E-state index contributed by atoms with van der Waals surface area (Å²) in [5.41, 5.74) is 0.875. The largest absolute Gasteiger partial charge is 0.497 e. The van der Waals surface area contributed by atoms with Crippen LogP contribution in [-0.4, -0.2) is 28.0 Å². The number of nitrogens with one attached hydrogen (secondary N) is 2. The number of ether oxygens (including phenoxy) is 2. The molecule has 0 fully saturated rings. The highest BCUT2D eigenvalue weighted by Crippen LogP contribution is 2.21. The summed E-state index contributed by atoms with van der Waals surface area (Å²) >= 11 is 5.89. The Kier molecular flexibility index (Phi) is 7.97. The molecule has 0 aliphatic rings. The number of sulfonamides is 1. The molecule has 0 spiro atoms. The van der Waals surface area contributed by atoms with Crippen LogP contribution < -0.4 is 19.5 Å². The van der Waals surface area contributed by atoms with E-state index in [4.69, 9.17) is 21.1 Å². The van der Waals surface area contributed by atoms with Gasteiger partial charge >= 0.3 is 0 Å². The number of halogens is 1. The summed E-state index contributed by atoms with van der Waals surface area (Å²) < 4.78 is 38.2. The third-order valence-corrected chi connectivity index (χ3v) is 6.03. The average Bonchev–Trinajstić information content (AvgIpc) is 2.77. The van der Waals surface area contributed by atoms with Crippen LogP contribution in [0.3, 0.4) is 0 Å². The number of rotatable bonds is 10. The van der Waals surface area contributed by atoms with Gasteiger partial charge in [-0.1, -0.05) is 17.7 Å². The van der Waals surface area contributed by atoms with E-state index in [1.807, 2.05) is 0 Å². The molecule has 0 aliphatic carbocycles. The second-order valence-electron chi connectivity index (χ2n) is 6.82. The molecule has 0 radical (unpaired) electrons. The first-order chi connectivity index (χ1) is 15.4. The minimum Gasteiger partial charge on any atom is -0.497 e. The molecule has 3 rings (SSSR count). The lowest BCUT2D eigenvalue weighted by atomic mass is 10.2. The van der Waals surface area contributed by atoms with Crippen molar-refractivity contribution in [3.63, 3.8) is 0 Å². The van der Waals surface area contributed by atoms with Gasteiger partial charge in [-0.2, -0.15) is 0 Å². The monoisotopic (exact) mass is 474 g/mol. The zero-order valence-electron chi connectivity index (χ0n) is 17.4. The molecule has 168 valence electrons. The summed E-state index contributed by atoms with van der Waals surface area (Å²) in [7, 11) is -2.17. The predicted molar refractivity (Wildman–Crippen MR) is 125 cm³/mol. The number of anilines is 2. The lowest BCUT2D eigenvalue weighted by Crippen LogP contribution is -2.14. The van der Waals surface area contributed by atoms with Crippen molar-refractivity contribution in [2.75, 3.05) is 23.8 Å². The molecule has 3 aromatic rings. The van der Waals surface area contributed by atoms with Crippen LogP contribution in [0.25, 0.3) is 0 Å². The highest BCUT2D eigenvalue weighted by atomic mass is 35.5. The molecule has 2 N–H and O–H groups in total. The zero-order valence-corrected chi connectivity index (χ0v) is 18.9. The molecule has 3 aromatic carbocycles. The Hall–Kier alpha value is -3.23. The molecular formula is C23H23ClN2O5S. The summed E-state index contributed by atoms with van der Waals surface area (Å²) in [4.78, 5) is 12.2. The molecule has 32 heavy (non-hydrogen) atoms. The maximum Gasteiger partial charge on any atom is 0.261 e. The second-order valence-corrected chi connectivity index (χ2v) is 8.93. The van der Waals surface area contributed by atoms with Crippen LogP contribution >= 0.6 is 11.6 Å². The minimum atomic E-state index is -3.77. The number of benzene rings is 3. The summed E-state index contributed by atoms with van der Waals surface area (Å²) in [5, 5.41) is 3.18. The first kappa shape index (κ1) is 23.4. The fourth-order valence-electron chi connectivity index (χ4n) is 2.80. The quantitative estimate of drug-likeness (QED) is 0.405. The number of amides is 1. The third-order valence-electron chi connectivity index (χ3n) is 4.40. The van der Waals surface area contributed by atoms with E-state index >= 15 is 0 Å². The van der Waals surface area contributed by atoms with Crippen LogP contribution in [0.2, 0.25) is 5.02 Å². The Labute approximate surface area is 192 Å². The Balaban J connectivity index is 1.46. The van der Waals surface area contributed by atoms with Crippen LogP contribution in [0.15, 0.2) is 77.7 Å². The Morgan fingerprint density at radius 3 is 2.28 bits per heavy atom. The number of hydrogen-bond acceptors (Lipinski definition) is 5. The number of methoxy groups -OCH3 is 1. The number of hydrogen-bond donors (Lipinski definition) is 2. The van der Waals surface area contributed by atoms with E-state index in [0.717, 1.165) is 5.75 Å². The van der Waals surface area contributed by atoms with Crippen LogP contribution in [0, 0.1) is 0 Å². The van der Waals surface area contributed by atoms with Crippen molar-refractivity contribution in [2.24, 2.45) is 0 Å². The smallest absolute Gasteiger partial charge is 0.261 e. The van der Waals surface area contributed by atoms with E-state index in [1.54, 1.807) is 49.6 Å². The molecule has 1 amide bonds. The van der Waals surface area contributed by atoms with E-state index < -0.39 is 10.0 Å². The lowest BCUT2D eigenvalue weighted by molar-refractivity contribution is -0.116. The van der Waals surface area contributed by atoms with Crippen molar-refractivity contribution >= 4 is 38.9 Å². The fraction of sp³-hybridized carbons (Fsp3) is 0.174. The van der Waals surface area contributed by atoms with E-state index in [2.05, 4.69) is 10.0 Å². The van der Waals surface area contributed by atoms with Gasteiger partial charge in [-0.15, -0.1) is 0 Å². The number of carbonyl (C=O) groups is 1. The Bertz CT molecular complexity index is 1150. The molecule has 9 heteroatoms. The second kappa shape index (κ2) is 10.9. The van der Waals surface area contributed by atoms with E-state index in [1.165, 1.54) is 30.3 Å². The van der Waals surface area contributed by atoms with Crippen LogP contribution in [0.5, 0.6) is 11.5 Å². The predicted octanol–water partition coefficient (Wildman–Crippen LogP) is 4.95. The molecular weight excluding hydrogens is 452 g/mol.